The van der Waals surface area contributed by atoms with Crippen molar-refractivity contribution in [2.45, 2.75) is 38.6 Å². The Morgan fingerprint density at radius 1 is 1.13 bits per heavy atom. The summed E-state index contributed by atoms with van der Waals surface area (Å²) in [6, 6.07) is 3.72. The lowest BCUT2D eigenvalue weighted by atomic mass is 9.85. The summed E-state index contributed by atoms with van der Waals surface area (Å²) in [4.78, 5) is 62.8. The van der Waals surface area contributed by atoms with E-state index >= 15 is 0 Å². The normalized spacial score (nSPS) is 25.6. The largest absolute Gasteiger partial charge is 0.456 e. The average molecular weight is 410 g/mol. The number of ether oxygens (including phenoxy) is 1. The van der Waals surface area contributed by atoms with E-state index in [0.717, 1.165) is 10.5 Å². The number of nitrogens with one attached hydrogen (secondary N) is 1. The van der Waals surface area contributed by atoms with Gasteiger partial charge < -0.3 is 10.1 Å². The maximum absolute atomic E-state index is 12.6. The molecule has 0 bridgehead atoms. The molecule has 0 spiro atoms. The number of Topliss-reactive ketones (excluding diaryl/α,β-unsaturated/α-hetero) is 1. The molecular formula is C22H22N2O6. The Morgan fingerprint density at radius 2 is 1.77 bits per heavy atom. The number of amides is 3. The first-order valence-corrected chi connectivity index (χ1v) is 9.96. The summed E-state index contributed by atoms with van der Waals surface area (Å²) >= 11 is 0. The second-order valence-corrected chi connectivity index (χ2v) is 7.92. The van der Waals surface area contributed by atoms with Crippen LogP contribution in [0.1, 0.15) is 48.5 Å². The highest BCUT2D eigenvalue weighted by Crippen LogP contribution is 2.36. The van der Waals surface area contributed by atoms with Gasteiger partial charge in [0.2, 0.25) is 17.7 Å². The molecule has 156 valence electrons. The third-order valence-corrected chi connectivity index (χ3v) is 6.11. The number of carbonyl (C=O) groups excluding carboxylic acids is 5. The number of esters is 1. The molecule has 1 saturated heterocycles. The van der Waals surface area contributed by atoms with Crippen LogP contribution in [-0.2, 0) is 23.9 Å². The number of nitrogens with zero attached hydrogens (tertiary/aromatic N) is 1. The summed E-state index contributed by atoms with van der Waals surface area (Å²) in [7, 11) is 0. The minimum absolute atomic E-state index is 0.134. The first-order valence-electron chi connectivity index (χ1n) is 9.96. The van der Waals surface area contributed by atoms with Gasteiger partial charge in [-0.2, -0.15) is 0 Å². The second-order valence-electron chi connectivity index (χ2n) is 7.92. The molecule has 2 heterocycles. The zero-order valence-corrected chi connectivity index (χ0v) is 16.7. The summed E-state index contributed by atoms with van der Waals surface area (Å²) in [5, 5.41) is 2.73. The van der Waals surface area contributed by atoms with E-state index in [1.54, 1.807) is 25.1 Å². The SMILES string of the molecule is C[C@H]1C(=O)Nc2ccc(C(=O)COC(=O)[C@H](C)N3C(=O)[C@H]4CC=CC[C@@H]4C3=O)cc21. The zero-order chi connectivity index (χ0) is 21.6. The number of ketones is 1. The van der Waals surface area contributed by atoms with Crippen molar-refractivity contribution in [3.8, 4) is 0 Å². The van der Waals surface area contributed by atoms with Crippen LogP contribution in [0.25, 0.3) is 0 Å². The van der Waals surface area contributed by atoms with Crippen LogP contribution in [0, 0.1) is 11.8 Å². The zero-order valence-electron chi connectivity index (χ0n) is 16.7. The van der Waals surface area contributed by atoms with Gasteiger partial charge in [0.1, 0.15) is 6.04 Å². The summed E-state index contributed by atoms with van der Waals surface area (Å²) in [6.45, 7) is 2.67. The summed E-state index contributed by atoms with van der Waals surface area (Å²) in [5.74, 6) is -3.31. The summed E-state index contributed by atoms with van der Waals surface area (Å²) in [6.07, 6.45) is 4.72. The van der Waals surface area contributed by atoms with Crippen molar-refractivity contribution >= 4 is 35.2 Å². The molecule has 1 aromatic rings. The van der Waals surface area contributed by atoms with E-state index < -0.39 is 36.2 Å². The number of likely N-dealkylation sites (tertiary alicyclic amines) is 1. The lowest BCUT2D eigenvalue weighted by Gasteiger charge is -2.21. The van der Waals surface area contributed by atoms with E-state index in [2.05, 4.69) is 5.32 Å². The lowest BCUT2D eigenvalue weighted by Crippen LogP contribution is -2.44. The second kappa shape index (κ2) is 7.51. The van der Waals surface area contributed by atoms with E-state index in [9.17, 15) is 24.0 Å². The highest BCUT2D eigenvalue weighted by Gasteiger charge is 2.50. The van der Waals surface area contributed by atoms with Crippen LogP contribution in [0.15, 0.2) is 30.4 Å². The van der Waals surface area contributed by atoms with Crippen LogP contribution in [0.5, 0.6) is 0 Å². The summed E-state index contributed by atoms with van der Waals surface area (Å²) in [5.41, 5.74) is 1.70. The minimum atomic E-state index is -1.09. The number of rotatable bonds is 5. The molecule has 8 heteroatoms. The van der Waals surface area contributed by atoms with Crippen LogP contribution < -0.4 is 5.32 Å². The fraction of sp³-hybridized carbons (Fsp3) is 0.409. The predicted octanol–water partition coefficient (Wildman–Crippen LogP) is 1.81. The molecule has 1 N–H and O–H groups in total. The van der Waals surface area contributed by atoms with E-state index in [1.165, 1.54) is 6.92 Å². The first-order chi connectivity index (χ1) is 14.3. The smallest absolute Gasteiger partial charge is 0.329 e. The van der Waals surface area contributed by atoms with Gasteiger partial charge in [-0.1, -0.05) is 12.2 Å². The quantitative estimate of drug-likeness (QED) is 0.343. The molecule has 30 heavy (non-hydrogen) atoms. The van der Waals surface area contributed by atoms with Crippen molar-refractivity contribution in [1.82, 2.24) is 4.90 Å². The molecular weight excluding hydrogens is 388 g/mol. The number of allylic oxidation sites excluding steroid dienone is 2. The maximum Gasteiger partial charge on any atom is 0.329 e. The minimum Gasteiger partial charge on any atom is -0.456 e. The third-order valence-electron chi connectivity index (χ3n) is 6.11. The summed E-state index contributed by atoms with van der Waals surface area (Å²) < 4.78 is 5.12. The van der Waals surface area contributed by atoms with Gasteiger partial charge in [0.15, 0.2) is 12.4 Å². The fourth-order valence-corrected chi connectivity index (χ4v) is 4.24. The van der Waals surface area contributed by atoms with Gasteiger partial charge in [-0.3, -0.25) is 24.1 Å². The van der Waals surface area contributed by atoms with Crippen LogP contribution in [-0.4, -0.2) is 47.0 Å². The van der Waals surface area contributed by atoms with Gasteiger partial charge >= 0.3 is 5.97 Å². The molecule has 4 rings (SSSR count). The maximum atomic E-state index is 12.6. The van der Waals surface area contributed by atoms with Crippen LogP contribution in [0.3, 0.4) is 0 Å². The molecule has 1 fully saturated rings. The van der Waals surface area contributed by atoms with Crippen molar-refractivity contribution in [1.29, 1.82) is 0 Å². The number of benzene rings is 1. The fourth-order valence-electron chi connectivity index (χ4n) is 4.24. The van der Waals surface area contributed by atoms with Crippen LogP contribution >= 0.6 is 0 Å². The Hall–Kier alpha value is -3.29. The number of carbonyl (C=O) groups is 5. The Bertz CT molecular complexity index is 971. The number of hydrogen-bond donors (Lipinski definition) is 1. The molecule has 1 aromatic carbocycles. The predicted molar refractivity (Wildman–Crippen MR) is 105 cm³/mol. The number of hydrogen-bond acceptors (Lipinski definition) is 6. The molecule has 1 aliphatic carbocycles. The van der Waals surface area contributed by atoms with Crippen molar-refractivity contribution in [3.63, 3.8) is 0 Å². The van der Waals surface area contributed by atoms with Gasteiger partial charge in [-0.05, 0) is 50.5 Å². The molecule has 0 aromatic heterocycles. The molecule has 3 aliphatic rings. The lowest BCUT2D eigenvalue weighted by molar-refractivity contribution is -0.157. The van der Waals surface area contributed by atoms with E-state index in [-0.39, 0.29) is 23.6 Å². The van der Waals surface area contributed by atoms with Crippen molar-refractivity contribution in [3.05, 3.63) is 41.5 Å². The number of anilines is 1. The van der Waals surface area contributed by atoms with Crippen LogP contribution in [0.4, 0.5) is 5.69 Å². The van der Waals surface area contributed by atoms with Crippen molar-refractivity contribution in [2.24, 2.45) is 11.8 Å². The monoisotopic (exact) mass is 410 g/mol. The van der Waals surface area contributed by atoms with E-state index in [0.29, 0.717) is 24.1 Å². The molecule has 2 aliphatic heterocycles. The van der Waals surface area contributed by atoms with Gasteiger partial charge in [0.05, 0.1) is 17.8 Å². The molecule has 4 atom stereocenters. The number of fused-ring (bicyclic) bond motifs is 2. The Labute approximate surface area is 173 Å². The molecule has 0 radical (unpaired) electrons. The van der Waals surface area contributed by atoms with Gasteiger partial charge in [0, 0.05) is 11.3 Å². The topological polar surface area (TPSA) is 110 Å². The first kappa shape index (κ1) is 20.0. The van der Waals surface area contributed by atoms with Crippen molar-refractivity contribution < 1.29 is 28.7 Å². The Morgan fingerprint density at radius 3 is 2.40 bits per heavy atom. The molecule has 0 unspecified atom stereocenters. The standard InChI is InChI=1S/C22H22N2O6/c1-11-16-9-13(7-8-17(16)23-19(11)26)18(25)10-30-22(29)12(2)24-20(27)14-5-3-4-6-15(14)21(24)28/h3-4,7-9,11-12,14-15H,5-6,10H2,1-2H3,(H,23,26)/t11-,12+,14+,15+/m1/s1. The number of imide groups is 1. The third kappa shape index (κ3) is 3.22. The molecule has 3 amide bonds. The van der Waals surface area contributed by atoms with Gasteiger partial charge in [-0.25, -0.2) is 4.79 Å². The van der Waals surface area contributed by atoms with Gasteiger partial charge in [-0.15, -0.1) is 0 Å². The van der Waals surface area contributed by atoms with Gasteiger partial charge in [0.25, 0.3) is 0 Å². The Kier molecular flexibility index (Phi) is 5.01. The highest BCUT2D eigenvalue weighted by atomic mass is 16.5. The Balaban J connectivity index is 1.39. The molecule has 8 nitrogen and oxygen atoms in total. The van der Waals surface area contributed by atoms with Crippen molar-refractivity contribution in [2.75, 3.05) is 11.9 Å². The van der Waals surface area contributed by atoms with E-state index in [1.807, 2.05) is 12.2 Å². The molecule has 0 saturated carbocycles. The van der Waals surface area contributed by atoms with Crippen LogP contribution in [0.2, 0.25) is 0 Å². The average Bonchev–Trinajstić information content (AvgIpc) is 3.18. The van der Waals surface area contributed by atoms with E-state index in [4.69, 9.17) is 4.74 Å². The highest BCUT2D eigenvalue weighted by molar-refractivity contribution is 6.08.